The Kier molecular flexibility index (Phi) is 4.47. The molecule has 32 heavy (non-hydrogen) atoms. The molecule has 1 spiro atoms. The van der Waals surface area contributed by atoms with E-state index in [1.807, 2.05) is 4.90 Å². The summed E-state index contributed by atoms with van der Waals surface area (Å²) in [4.78, 5) is 53.5. The van der Waals surface area contributed by atoms with Crippen molar-refractivity contribution in [3.8, 4) is 0 Å². The van der Waals surface area contributed by atoms with E-state index < -0.39 is 40.0 Å². The summed E-state index contributed by atoms with van der Waals surface area (Å²) in [5, 5.41) is 13.6. The van der Waals surface area contributed by atoms with Crippen LogP contribution in [0.3, 0.4) is 0 Å². The van der Waals surface area contributed by atoms with Gasteiger partial charge in [-0.25, -0.2) is 14.1 Å². The molecule has 3 heterocycles. The summed E-state index contributed by atoms with van der Waals surface area (Å²) in [6.07, 6.45) is 2.14. The Bertz CT molecular complexity index is 1170. The normalized spacial score (nSPS) is 24.8. The fraction of sp³-hybridized carbons (Fsp3) is 0.318. The highest BCUT2D eigenvalue weighted by Crippen LogP contribution is 2.48. The van der Waals surface area contributed by atoms with Crippen molar-refractivity contribution in [2.75, 3.05) is 16.3 Å². The topological polar surface area (TPSA) is 113 Å². The van der Waals surface area contributed by atoms with Crippen LogP contribution < -0.4 is 15.1 Å². The summed E-state index contributed by atoms with van der Waals surface area (Å²) >= 11 is 0. The Morgan fingerprint density at radius 3 is 2.56 bits per heavy atom. The molecule has 9 nitrogen and oxygen atoms in total. The summed E-state index contributed by atoms with van der Waals surface area (Å²) in [5.74, 6) is -1.94. The predicted octanol–water partition coefficient (Wildman–Crippen LogP) is 2.92. The number of hydrogen-bond acceptors (Lipinski definition) is 6. The number of halogens is 1. The van der Waals surface area contributed by atoms with Crippen molar-refractivity contribution in [1.29, 1.82) is 0 Å². The molecular weight excluding hydrogens is 419 g/mol. The van der Waals surface area contributed by atoms with Crippen LogP contribution >= 0.6 is 0 Å². The molecule has 0 saturated carbocycles. The lowest BCUT2D eigenvalue weighted by molar-refractivity contribution is -0.384. The lowest BCUT2D eigenvalue weighted by Crippen LogP contribution is -2.72. The van der Waals surface area contributed by atoms with Crippen molar-refractivity contribution in [2.24, 2.45) is 5.41 Å². The Labute approximate surface area is 181 Å². The number of nitro groups is 1. The van der Waals surface area contributed by atoms with Gasteiger partial charge in [0.2, 0.25) is 5.91 Å². The summed E-state index contributed by atoms with van der Waals surface area (Å²) < 4.78 is 13.4. The van der Waals surface area contributed by atoms with Gasteiger partial charge in [0.1, 0.15) is 5.82 Å². The van der Waals surface area contributed by atoms with E-state index in [2.05, 4.69) is 5.32 Å². The smallest absolute Gasteiger partial charge is 0.335 e. The number of hydrogen-bond donors (Lipinski definition) is 1. The van der Waals surface area contributed by atoms with Gasteiger partial charge in [0.25, 0.3) is 11.6 Å². The first-order chi connectivity index (χ1) is 15.3. The van der Waals surface area contributed by atoms with Crippen molar-refractivity contribution < 1.29 is 23.7 Å². The van der Waals surface area contributed by atoms with Crippen LogP contribution in [-0.4, -0.2) is 35.4 Å². The number of fused-ring (bicyclic) bond motifs is 4. The van der Waals surface area contributed by atoms with Crippen LogP contribution in [0.5, 0.6) is 0 Å². The minimum absolute atomic E-state index is 0.0686. The number of nitrogens with zero attached hydrogens (tertiary/aromatic N) is 3. The van der Waals surface area contributed by atoms with Gasteiger partial charge >= 0.3 is 6.03 Å². The zero-order valence-corrected chi connectivity index (χ0v) is 16.9. The number of non-ortho nitro benzene ring substituents is 1. The maximum atomic E-state index is 13.9. The second-order valence-electron chi connectivity index (χ2n) is 8.30. The summed E-state index contributed by atoms with van der Waals surface area (Å²) in [7, 11) is 0. The van der Waals surface area contributed by atoms with Gasteiger partial charge in [-0.15, -0.1) is 0 Å². The number of urea groups is 1. The molecule has 4 amide bonds. The second kappa shape index (κ2) is 7.11. The van der Waals surface area contributed by atoms with Crippen LogP contribution in [0.25, 0.3) is 0 Å². The van der Waals surface area contributed by atoms with Gasteiger partial charge in [-0.05, 0) is 55.2 Å². The van der Waals surface area contributed by atoms with Gasteiger partial charge in [0.15, 0.2) is 5.41 Å². The van der Waals surface area contributed by atoms with E-state index in [0.717, 1.165) is 35.6 Å². The third-order valence-corrected chi connectivity index (χ3v) is 6.62. The van der Waals surface area contributed by atoms with Crippen LogP contribution in [-0.2, 0) is 16.0 Å². The van der Waals surface area contributed by atoms with Gasteiger partial charge in [-0.3, -0.25) is 25.0 Å². The highest BCUT2D eigenvalue weighted by molar-refractivity contribution is 6.30. The molecule has 2 aromatic rings. The Morgan fingerprint density at radius 1 is 1.09 bits per heavy atom. The van der Waals surface area contributed by atoms with Crippen molar-refractivity contribution in [2.45, 2.75) is 31.7 Å². The van der Waals surface area contributed by atoms with E-state index in [1.54, 1.807) is 6.07 Å². The van der Waals surface area contributed by atoms with Crippen LogP contribution in [0.4, 0.5) is 26.2 Å². The lowest BCUT2D eigenvalue weighted by Gasteiger charge is -2.53. The number of nitro benzene ring substituents is 1. The molecule has 0 aliphatic carbocycles. The molecule has 0 aromatic heterocycles. The van der Waals surface area contributed by atoms with E-state index in [9.17, 15) is 28.9 Å². The number of amides is 4. The zero-order chi connectivity index (χ0) is 22.6. The highest BCUT2D eigenvalue weighted by atomic mass is 19.1. The summed E-state index contributed by atoms with van der Waals surface area (Å²) in [6.45, 7) is 0.586. The van der Waals surface area contributed by atoms with Gasteiger partial charge in [-0.2, -0.15) is 0 Å². The first kappa shape index (κ1) is 20.1. The molecule has 5 rings (SSSR count). The number of barbiturate groups is 1. The summed E-state index contributed by atoms with van der Waals surface area (Å²) in [5.41, 5.74) is -0.353. The van der Waals surface area contributed by atoms with Gasteiger partial charge in [0, 0.05) is 30.8 Å². The zero-order valence-electron chi connectivity index (χ0n) is 16.9. The number of piperidine rings is 1. The Balaban J connectivity index is 1.66. The molecule has 10 heteroatoms. The number of nitrogens with one attached hydrogen (secondary N) is 1. The molecular formula is C22H19FN4O5. The fourth-order valence-electron chi connectivity index (χ4n) is 5.19. The van der Waals surface area contributed by atoms with Crippen LogP contribution in [0.15, 0.2) is 42.5 Å². The molecule has 2 unspecified atom stereocenters. The second-order valence-corrected chi connectivity index (χ2v) is 8.30. The monoisotopic (exact) mass is 438 g/mol. The largest absolute Gasteiger partial charge is 0.367 e. The number of carbonyl (C=O) groups excluding carboxylic acids is 3. The van der Waals surface area contributed by atoms with Crippen LogP contribution in [0.2, 0.25) is 0 Å². The van der Waals surface area contributed by atoms with E-state index in [4.69, 9.17) is 0 Å². The fourth-order valence-corrected chi connectivity index (χ4v) is 5.19. The molecule has 2 atom stereocenters. The maximum Gasteiger partial charge on any atom is 0.335 e. The average Bonchev–Trinajstić information content (AvgIpc) is 2.78. The standard InChI is InChI=1S/C22H19FN4O5/c23-14-4-6-15(7-5-14)26-20(29)22(19(28)24-21(26)30)12-13-11-16(27(31)32)8-9-17(13)25-10-2-1-3-18(22)25/h4-9,11,18H,1-3,10,12H2,(H,24,28,30). The highest BCUT2D eigenvalue weighted by Gasteiger charge is 2.62. The third kappa shape index (κ3) is 2.79. The molecule has 3 aliphatic heterocycles. The number of anilines is 2. The van der Waals surface area contributed by atoms with Gasteiger partial charge < -0.3 is 4.90 Å². The Morgan fingerprint density at radius 2 is 1.84 bits per heavy atom. The molecule has 2 aromatic carbocycles. The van der Waals surface area contributed by atoms with Crippen molar-refractivity contribution in [3.63, 3.8) is 0 Å². The van der Waals surface area contributed by atoms with Gasteiger partial charge in [-0.1, -0.05) is 0 Å². The van der Waals surface area contributed by atoms with Crippen molar-refractivity contribution >= 4 is 34.9 Å². The Hall–Kier alpha value is -3.82. The van der Waals surface area contributed by atoms with Crippen LogP contribution in [0, 0.1) is 21.3 Å². The average molecular weight is 438 g/mol. The number of rotatable bonds is 2. The SMILES string of the molecule is O=C1NC(=O)C2(Cc3cc([N+](=O)[O-])ccc3N3CCCCC32)C(=O)N1c1ccc(F)cc1. The number of carbonyl (C=O) groups is 3. The third-order valence-electron chi connectivity index (χ3n) is 6.62. The first-order valence-corrected chi connectivity index (χ1v) is 10.3. The van der Waals surface area contributed by atoms with Crippen molar-refractivity contribution in [3.05, 3.63) is 64.0 Å². The first-order valence-electron chi connectivity index (χ1n) is 10.3. The number of benzene rings is 2. The molecule has 0 bridgehead atoms. The molecule has 3 aliphatic rings. The molecule has 2 fully saturated rings. The summed E-state index contributed by atoms with van der Waals surface area (Å²) in [6, 6.07) is 7.93. The molecule has 0 radical (unpaired) electrons. The number of imide groups is 2. The van der Waals surface area contributed by atoms with E-state index in [0.29, 0.717) is 18.5 Å². The lowest BCUT2D eigenvalue weighted by atomic mass is 9.66. The van der Waals surface area contributed by atoms with Crippen LogP contribution in [0.1, 0.15) is 24.8 Å². The van der Waals surface area contributed by atoms with E-state index >= 15 is 0 Å². The predicted molar refractivity (Wildman–Crippen MR) is 112 cm³/mol. The maximum absolute atomic E-state index is 13.9. The molecule has 164 valence electrons. The quantitative estimate of drug-likeness (QED) is 0.438. The minimum atomic E-state index is -1.63. The molecule has 2 saturated heterocycles. The van der Waals surface area contributed by atoms with E-state index in [1.165, 1.54) is 24.3 Å². The minimum Gasteiger partial charge on any atom is -0.367 e. The van der Waals surface area contributed by atoms with Crippen molar-refractivity contribution in [1.82, 2.24) is 5.32 Å². The van der Waals surface area contributed by atoms with Gasteiger partial charge in [0.05, 0.1) is 16.7 Å². The molecule has 1 N–H and O–H groups in total. The van der Waals surface area contributed by atoms with E-state index in [-0.39, 0.29) is 17.8 Å².